The summed E-state index contributed by atoms with van der Waals surface area (Å²) in [6.45, 7) is 2.02. The van der Waals surface area contributed by atoms with Crippen molar-refractivity contribution in [2.45, 2.75) is 17.9 Å². The predicted molar refractivity (Wildman–Crippen MR) is 83.7 cm³/mol. The molecule has 6 heteroatoms. The topological polar surface area (TPSA) is 62.3 Å². The Morgan fingerprint density at radius 2 is 1.81 bits per heavy atom. The Balaban J connectivity index is 2.32. The summed E-state index contributed by atoms with van der Waals surface area (Å²) in [4.78, 5) is 4.32. The molecule has 0 bridgehead atoms. The van der Waals surface area contributed by atoms with Crippen LogP contribution in [0.4, 0.5) is 5.82 Å². The number of benzene rings is 1. The van der Waals surface area contributed by atoms with Gasteiger partial charge in [0.15, 0.2) is 0 Å². The number of rotatable bonds is 5. The first-order chi connectivity index (χ1) is 9.96. The van der Waals surface area contributed by atoms with Crippen LogP contribution in [0.3, 0.4) is 0 Å². The first-order valence-electron chi connectivity index (χ1n) is 6.64. The van der Waals surface area contributed by atoms with Gasteiger partial charge in [-0.2, -0.15) is 0 Å². The Bertz CT molecular complexity index is 685. The number of anilines is 1. The minimum atomic E-state index is -3.59. The van der Waals surface area contributed by atoms with E-state index in [1.807, 2.05) is 26.1 Å². The van der Waals surface area contributed by atoms with E-state index >= 15 is 0 Å². The fourth-order valence-corrected chi connectivity index (χ4v) is 3.07. The van der Waals surface area contributed by atoms with Crippen LogP contribution in [-0.2, 0) is 10.0 Å². The maximum Gasteiger partial charge on any atom is 0.265 e. The largest absolute Gasteiger partial charge is 0.313 e. The van der Waals surface area contributed by atoms with Crippen molar-refractivity contribution in [3.8, 4) is 0 Å². The van der Waals surface area contributed by atoms with E-state index in [4.69, 9.17) is 0 Å². The highest BCUT2D eigenvalue weighted by molar-refractivity contribution is 7.92. The lowest BCUT2D eigenvalue weighted by molar-refractivity contribution is 0.593. The second-order valence-electron chi connectivity index (χ2n) is 4.74. The molecule has 0 aliphatic heterocycles. The molecule has 21 heavy (non-hydrogen) atoms. The van der Waals surface area contributed by atoms with E-state index in [-0.39, 0.29) is 10.9 Å². The summed E-state index contributed by atoms with van der Waals surface area (Å²) in [5.41, 5.74) is 1.04. The molecule has 1 aromatic heterocycles. The highest BCUT2D eigenvalue weighted by atomic mass is 32.2. The Morgan fingerprint density at radius 3 is 2.33 bits per heavy atom. The van der Waals surface area contributed by atoms with Gasteiger partial charge in [0.2, 0.25) is 0 Å². The highest BCUT2D eigenvalue weighted by Crippen LogP contribution is 2.21. The lowest BCUT2D eigenvalue weighted by Crippen LogP contribution is -2.27. The van der Waals surface area contributed by atoms with Gasteiger partial charge in [-0.25, -0.2) is 13.4 Å². The predicted octanol–water partition coefficient (Wildman–Crippen LogP) is 2.19. The van der Waals surface area contributed by atoms with Crippen molar-refractivity contribution in [3.63, 3.8) is 0 Å². The summed E-state index contributed by atoms with van der Waals surface area (Å²) < 4.78 is 26.3. The average Bonchev–Trinajstić information content (AvgIpc) is 2.54. The van der Waals surface area contributed by atoms with Gasteiger partial charge < -0.3 is 5.32 Å². The molecule has 2 rings (SSSR count). The average molecular weight is 305 g/mol. The van der Waals surface area contributed by atoms with Crippen LogP contribution >= 0.6 is 0 Å². The molecule has 2 aromatic rings. The van der Waals surface area contributed by atoms with Crippen molar-refractivity contribution in [2.75, 3.05) is 18.4 Å². The Morgan fingerprint density at radius 1 is 1.14 bits per heavy atom. The zero-order valence-corrected chi connectivity index (χ0v) is 13.1. The first kappa shape index (κ1) is 15.5. The Kier molecular flexibility index (Phi) is 4.59. The molecule has 112 valence electrons. The number of nitrogens with zero attached hydrogens (tertiary/aromatic N) is 2. The molecule has 1 atom stereocenters. The van der Waals surface area contributed by atoms with Gasteiger partial charge >= 0.3 is 0 Å². The fraction of sp³-hybridized carbons (Fsp3) is 0.267. The van der Waals surface area contributed by atoms with E-state index in [9.17, 15) is 8.42 Å². The number of nitrogens with one attached hydrogen (secondary N) is 1. The molecule has 0 spiro atoms. The molecule has 1 aromatic carbocycles. The van der Waals surface area contributed by atoms with Gasteiger partial charge in [0.25, 0.3) is 10.0 Å². The number of sulfonamides is 1. The second-order valence-corrected chi connectivity index (χ2v) is 6.71. The summed E-state index contributed by atoms with van der Waals surface area (Å²) in [6, 6.07) is 12.2. The zero-order chi connectivity index (χ0) is 15.5. The van der Waals surface area contributed by atoms with Gasteiger partial charge in [-0.3, -0.25) is 4.31 Å². The van der Waals surface area contributed by atoms with E-state index in [0.717, 1.165) is 5.56 Å². The Labute approximate surface area is 125 Å². The lowest BCUT2D eigenvalue weighted by Gasteiger charge is -2.19. The standard InChI is InChI=1S/C15H19N3O2S/c1-12(16-2)13-7-9-14(10-8-13)21(19,20)18(3)15-6-4-5-11-17-15/h4-12,16H,1-3H3. The first-order valence-corrected chi connectivity index (χ1v) is 8.08. The van der Waals surface area contributed by atoms with Crippen molar-refractivity contribution < 1.29 is 8.42 Å². The van der Waals surface area contributed by atoms with E-state index in [1.165, 1.54) is 11.4 Å². The molecule has 0 saturated carbocycles. The van der Waals surface area contributed by atoms with Gasteiger partial charge in [-0.15, -0.1) is 0 Å². The second kappa shape index (κ2) is 6.24. The summed E-state index contributed by atoms with van der Waals surface area (Å²) in [6.07, 6.45) is 1.57. The molecular weight excluding hydrogens is 286 g/mol. The van der Waals surface area contributed by atoms with Gasteiger partial charge in [0.05, 0.1) is 4.90 Å². The summed E-state index contributed by atoms with van der Waals surface area (Å²) in [7, 11) is -0.224. The van der Waals surface area contributed by atoms with E-state index in [2.05, 4.69) is 10.3 Å². The van der Waals surface area contributed by atoms with Crippen LogP contribution in [-0.4, -0.2) is 27.5 Å². The molecule has 0 fully saturated rings. The molecule has 0 saturated heterocycles. The number of aromatic nitrogens is 1. The highest BCUT2D eigenvalue weighted by Gasteiger charge is 2.22. The maximum absolute atomic E-state index is 12.6. The van der Waals surface area contributed by atoms with E-state index in [0.29, 0.717) is 5.82 Å². The fourth-order valence-electron chi connectivity index (χ4n) is 1.92. The van der Waals surface area contributed by atoms with Crippen LogP contribution in [0.1, 0.15) is 18.5 Å². The van der Waals surface area contributed by atoms with Gasteiger partial charge in [0, 0.05) is 19.3 Å². The molecule has 1 heterocycles. The molecule has 0 amide bonds. The number of hydrogen-bond acceptors (Lipinski definition) is 4. The van der Waals surface area contributed by atoms with Gasteiger partial charge in [-0.05, 0) is 43.8 Å². The summed E-state index contributed by atoms with van der Waals surface area (Å²) >= 11 is 0. The number of hydrogen-bond donors (Lipinski definition) is 1. The van der Waals surface area contributed by atoms with Crippen LogP contribution in [0.2, 0.25) is 0 Å². The van der Waals surface area contributed by atoms with Crippen LogP contribution < -0.4 is 9.62 Å². The molecule has 0 radical (unpaired) electrons. The summed E-state index contributed by atoms with van der Waals surface area (Å²) in [5.74, 6) is 0.394. The van der Waals surface area contributed by atoms with Crippen molar-refractivity contribution in [1.82, 2.24) is 10.3 Å². The summed E-state index contributed by atoms with van der Waals surface area (Å²) in [5, 5.41) is 3.12. The van der Waals surface area contributed by atoms with Crippen molar-refractivity contribution in [1.29, 1.82) is 0 Å². The Hall–Kier alpha value is -1.92. The molecule has 5 nitrogen and oxygen atoms in total. The van der Waals surface area contributed by atoms with Gasteiger partial charge in [-0.1, -0.05) is 18.2 Å². The zero-order valence-electron chi connectivity index (χ0n) is 12.3. The third kappa shape index (κ3) is 3.22. The van der Waals surface area contributed by atoms with E-state index in [1.54, 1.807) is 36.5 Å². The molecule has 0 aliphatic carbocycles. The number of pyridine rings is 1. The third-order valence-electron chi connectivity index (χ3n) is 3.44. The lowest BCUT2D eigenvalue weighted by atomic mass is 10.1. The quantitative estimate of drug-likeness (QED) is 0.920. The molecule has 1 N–H and O–H groups in total. The van der Waals surface area contributed by atoms with Crippen molar-refractivity contribution in [3.05, 3.63) is 54.2 Å². The molecular formula is C15H19N3O2S. The SMILES string of the molecule is CNC(C)c1ccc(S(=O)(=O)N(C)c2ccccn2)cc1. The van der Waals surface area contributed by atoms with Crippen LogP contribution in [0.15, 0.2) is 53.6 Å². The smallest absolute Gasteiger partial charge is 0.265 e. The third-order valence-corrected chi connectivity index (χ3v) is 5.22. The maximum atomic E-state index is 12.6. The monoisotopic (exact) mass is 305 g/mol. The van der Waals surface area contributed by atoms with Crippen molar-refractivity contribution in [2.24, 2.45) is 0 Å². The minimum absolute atomic E-state index is 0.176. The normalized spacial score (nSPS) is 12.9. The molecule has 0 aliphatic rings. The minimum Gasteiger partial charge on any atom is -0.313 e. The van der Waals surface area contributed by atoms with E-state index < -0.39 is 10.0 Å². The van der Waals surface area contributed by atoms with Crippen LogP contribution in [0.25, 0.3) is 0 Å². The molecule has 1 unspecified atom stereocenters. The van der Waals surface area contributed by atoms with Gasteiger partial charge in [0.1, 0.15) is 5.82 Å². The van der Waals surface area contributed by atoms with Crippen molar-refractivity contribution >= 4 is 15.8 Å². The van der Waals surface area contributed by atoms with Crippen LogP contribution in [0, 0.1) is 0 Å². The van der Waals surface area contributed by atoms with Crippen LogP contribution in [0.5, 0.6) is 0 Å².